The molecule has 0 spiro atoms. The van der Waals surface area contributed by atoms with Crippen molar-refractivity contribution in [1.29, 1.82) is 5.26 Å². The highest BCUT2D eigenvalue weighted by Crippen LogP contribution is 2.22. The SMILES string of the molecule is CCC1CCN(CCCC(C#N)(CC)NC(C)C)C1. The normalized spacial score (nSPS) is 23.5. The maximum atomic E-state index is 9.47. The lowest BCUT2D eigenvalue weighted by Gasteiger charge is -2.29. The minimum Gasteiger partial charge on any atom is -0.303 e. The number of nitrogens with one attached hydrogen (secondary N) is 1. The predicted molar refractivity (Wildman–Crippen MR) is 81.0 cm³/mol. The summed E-state index contributed by atoms with van der Waals surface area (Å²) in [7, 11) is 0. The molecular formula is C16H31N3. The molecule has 1 rings (SSSR count). The van der Waals surface area contributed by atoms with Crippen molar-refractivity contribution in [2.45, 2.75) is 71.4 Å². The van der Waals surface area contributed by atoms with E-state index >= 15 is 0 Å². The van der Waals surface area contributed by atoms with Crippen LogP contribution in [-0.4, -0.2) is 36.1 Å². The molecule has 0 amide bonds. The lowest BCUT2D eigenvalue weighted by molar-refractivity contribution is 0.279. The van der Waals surface area contributed by atoms with Gasteiger partial charge in [-0.15, -0.1) is 0 Å². The summed E-state index contributed by atoms with van der Waals surface area (Å²) in [5.74, 6) is 0.903. The highest BCUT2D eigenvalue weighted by atomic mass is 15.1. The van der Waals surface area contributed by atoms with Crippen LogP contribution in [0.15, 0.2) is 0 Å². The largest absolute Gasteiger partial charge is 0.303 e. The summed E-state index contributed by atoms with van der Waals surface area (Å²) in [5, 5.41) is 12.9. The number of hydrogen-bond donors (Lipinski definition) is 1. The Hall–Kier alpha value is -0.590. The summed E-state index contributed by atoms with van der Waals surface area (Å²) in [6.07, 6.45) is 5.64. The molecule has 0 aromatic rings. The third kappa shape index (κ3) is 5.12. The van der Waals surface area contributed by atoms with Crippen LogP contribution in [0.4, 0.5) is 0 Å². The molecule has 1 saturated heterocycles. The van der Waals surface area contributed by atoms with Gasteiger partial charge in [0.2, 0.25) is 0 Å². The minimum absolute atomic E-state index is 0.321. The van der Waals surface area contributed by atoms with Gasteiger partial charge < -0.3 is 4.90 Å². The van der Waals surface area contributed by atoms with Crippen LogP contribution in [0.25, 0.3) is 0 Å². The van der Waals surface area contributed by atoms with Crippen molar-refractivity contribution in [2.24, 2.45) is 5.92 Å². The first-order chi connectivity index (χ1) is 9.05. The maximum Gasteiger partial charge on any atom is 0.106 e. The average molecular weight is 265 g/mol. The molecule has 3 nitrogen and oxygen atoms in total. The Balaban J connectivity index is 2.35. The number of rotatable bonds is 8. The van der Waals surface area contributed by atoms with Gasteiger partial charge in [0.1, 0.15) is 5.54 Å². The van der Waals surface area contributed by atoms with Crippen molar-refractivity contribution >= 4 is 0 Å². The third-order valence-electron chi connectivity index (χ3n) is 4.41. The molecule has 2 unspecified atom stereocenters. The van der Waals surface area contributed by atoms with Crippen molar-refractivity contribution < 1.29 is 0 Å². The summed E-state index contributed by atoms with van der Waals surface area (Å²) in [6, 6.07) is 2.88. The lowest BCUT2D eigenvalue weighted by atomic mass is 9.91. The molecule has 3 heteroatoms. The highest BCUT2D eigenvalue weighted by Gasteiger charge is 2.28. The summed E-state index contributed by atoms with van der Waals surface area (Å²) in [4.78, 5) is 2.57. The molecule has 0 saturated carbocycles. The van der Waals surface area contributed by atoms with Crippen molar-refractivity contribution in [3.63, 3.8) is 0 Å². The van der Waals surface area contributed by atoms with Gasteiger partial charge in [0.25, 0.3) is 0 Å². The van der Waals surface area contributed by atoms with E-state index in [1.54, 1.807) is 0 Å². The molecule has 0 bridgehead atoms. The molecule has 0 radical (unpaired) electrons. The monoisotopic (exact) mass is 265 g/mol. The molecule has 0 aromatic carbocycles. The van der Waals surface area contributed by atoms with Gasteiger partial charge in [-0.2, -0.15) is 5.26 Å². The maximum absolute atomic E-state index is 9.47. The first-order valence-corrected chi connectivity index (χ1v) is 7.96. The van der Waals surface area contributed by atoms with E-state index < -0.39 is 0 Å². The van der Waals surface area contributed by atoms with Crippen LogP contribution in [0.5, 0.6) is 0 Å². The van der Waals surface area contributed by atoms with Crippen LogP contribution in [0.2, 0.25) is 0 Å². The van der Waals surface area contributed by atoms with Crippen molar-refractivity contribution in [2.75, 3.05) is 19.6 Å². The van der Waals surface area contributed by atoms with Gasteiger partial charge in [-0.1, -0.05) is 20.3 Å². The molecular weight excluding hydrogens is 234 g/mol. The Kier molecular flexibility index (Phi) is 6.82. The second-order valence-corrected chi connectivity index (χ2v) is 6.31. The fourth-order valence-electron chi connectivity index (χ4n) is 3.12. The van der Waals surface area contributed by atoms with E-state index in [2.05, 4.69) is 44.0 Å². The molecule has 0 aromatic heterocycles. The number of nitrogens with zero attached hydrogens (tertiary/aromatic N) is 2. The number of hydrogen-bond acceptors (Lipinski definition) is 3. The van der Waals surface area contributed by atoms with Crippen LogP contribution in [0.3, 0.4) is 0 Å². The Bertz CT molecular complexity index is 295. The molecule has 1 aliphatic heterocycles. The first-order valence-electron chi connectivity index (χ1n) is 7.96. The van der Waals surface area contributed by atoms with E-state index in [-0.39, 0.29) is 5.54 Å². The topological polar surface area (TPSA) is 39.1 Å². The van der Waals surface area contributed by atoms with Gasteiger partial charge in [0.15, 0.2) is 0 Å². The Morgan fingerprint density at radius 3 is 2.63 bits per heavy atom. The zero-order valence-electron chi connectivity index (χ0n) is 13.2. The van der Waals surface area contributed by atoms with Gasteiger partial charge in [-0.05, 0) is 58.5 Å². The van der Waals surface area contributed by atoms with Gasteiger partial charge in [-0.25, -0.2) is 0 Å². The molecule has 110 valence electrons. The molecule has 1 fully saturated rings. The minimum atomic E-state index is -0.321. The zero-order valence-corrected chi connectivity index (χ0v) is 13.2. The van der Waals surface area contributed by atoms with E-state index in [0.717, 1.165) is 31.7 Å². The van der Waals surface area contributed by atoms with Crippen molar-refractivity contribution in [1.82, 2.24) is 10.2 Å². The highest BCUT2D eigenvalue weighted by molar-refractivity contribution is 5.06. The zero-order chi connectivity index (χ0) is 14.3. The third-order valence-corrected chi connectivity index (χ3v) is 4.41. The van der Waals surface area contributed by atoms with Gasteiger partial charge >= 0.3 is 0 Å². The van der Waals surface area contributed by atoms with E-state index in [4.69, 9.17) is 0 Å². The molecule has 1 aliphatic rings. The van der Waals surface area contributed by atoms with Crippen LogP contribution < -0.4 is 5.32 Å². The quantitative estimate of drug-likeness (QED) is 0.732. The Morgan fingerprint density at radius 2 is 2.16 bits per heavy atom. The molecule has 1 heterocycles. The summed E-state index contributed by atoms with van der Waals surface area (Å²) in [5.41, 5.74) is -0.321. The van der Waals surface area contributed by atoms with Gasteiger partial charge in [0, 0.05) is 12.6 Å². The molecule has 2 atom stereocenters. The van der Waals surface area contributed by atoms with E-state index in [0.29, 0.717) is 6.04 Å². The van der Waals surface area contributed by atoms with E-state index in [1.807, 2.05) is 0 Å². The fraction of sp³-hybridized carbons (Fsp3) is 0.938. The predicted octanol–water partition coefficient (Wildman–Crippen LogP) is 3.17. The summed E-state index contributed by atoms with van der Waals surface area (Å²) < 4.78 is 0. The van der Waals surface area contributed by atoms with Gasteiger partial charge in [-0.3, -0.25) is 5.32 Å². The van der Waals surface area contributed by atoms with Crippen molar-refractivity contribution in [3.8, 4) is 6.07 Å². The standard InChI is InChI=1S/C16H31N3/c1-5-15-8-11-19(12-15)10-7-9-16(6-2,13-17)18-14(3)4/h14-15,18H,5-12H2,1-4H3. The average Bonchev–Trinajstić information content (AvgIpc) is 2.85. The Labute approximate surface area is 119 Å². The molecule has 1 N–H and O–H groups in total. The van der Waals surface area contributed by atoms with Gasteiger partial charge in [0.05, 0.1) is 6.07 Å². The van der Waals surface area contributed by atoms with E-state index in [9.17, 15) is 5.26 Å². The second-order valence-electron chi connectivity index (χ2n) is 6.31. The van der Waals surface area contributed by atoms with Crippen LogP contribution in [0.1, 0.15) is 59.8 Å². The molecule has 0 aliphatic carbocycles. The van der Waals surface area contributed by atoms with Crippen LogP contribution >= 0.6 is 0 Å². The summed E-state index contributed by atoms with van der Waals surface area (Å²) in [6.45, 7) is 12.3. The van der Waals surface area contributed by atoms with Crippen molar-refractivity contribution in [3.05, 3.63) is 0 Å². The number of likely N-dealkylation sites (tertiary alicyclic amines) is 1. The smallest absolute Gasteiger partial charge is 0.106 e. The fourth-order valence-corrected chi connectivity index (χ4v) is 3.12. The van der Waals surface area contributed by atoms with Crippen LogP contribution in [-0.2, 0) is 0 Å². The Morgan fingerprint density at radius 1 is 1.42 bits per heavy atom. The second kappa shape index (κ2) is 7.87. The first kappa shape index (κ1) is 16.5. The lowest BCUT2D eigenvalue weighted by Crippen LogP contribution is -2.47. The van der Waals surface area contributed by atoms with E-state index in [1.165, 1.54) is 25.9 Å². The number of nitriles is 1. The van der Waals surface area contributed by atoms with Crippen LogP contribution in [0, 0.1) is 17.2 Å². The summed E-state index contributed by atoms with van der Waals surface area (Å²) >= 11 is 0. The molecule has 19 heavy (non-hydrogen) atoms.